The standard InChI is InChI=1S/C15H21N3O2S/c1-11(2)18-15-8-13(6-5-12(15)9-16-18)17-14-4-3-7-21(19,20)10-14/h5-6,8-9,11,14,17H,3-4,7,10H2,1-2H3. The van der Waals surface area contributed by atoms with Crippen molar-refractivity contribution in [3.63, 3.8) is 0 Å². The van der Waals surface area contributed by atoms with Crippen LogP contribution in [0, 0.1) is 0 Å². The second-order valence-corrected chi connectivity index (χ2v) is 8.28. The Balaban J connectivity index is 1.85. The van der Waals surface area contributed by atoms with Crippen LogP contribution in [-0.2, 0) is 9.84 Å². The first kappa shape index (κ1) is 14.4. The molecule has 0 radical (unpaired) electrons. The van der Waals surface area contributed by atoms with Crippen LogP contribution in [0.4, 0.5) is 5.69 Å². The van der Waals surface area contributed by atoms with E-state index in [1.165, 1.54) is 0 Å². The first-order chi connectivity index (χ1) is 9.94. The number of nitrogens with zero attached hydrogens (tertiary/aromatic N) is 2. The summed E-state index contributed by atoms with van der Waals surface area (Å²) in [6.45, 7) is 4.19. The zero-order valence-corrected chi connectivity index (χ0v) is 13.2. The maximum absolute atomic E-state index is 11.7. The van der Waals surface area contributed by atoms with Crippen LogP contribution in [0.1, 0.15) is 32.7 Å². The minimum absolute atomic E-state index is 0.0108. The molecule has 1 aliphatic rings. The predicted molar refractivity (Wildman–Crippen MR) is 85.4 cm³/mol. The van der Waals surface area contributed by atoms with E-state index in [2.05, 4.69) is 30.3 Å². The number of fused-ring (bicyclic) bond motifs is 1. The summed E-state index contributed by atoms with van der Waals surface area (Å²) in [5.41, 5.74) is 2.04. The maximum Gasteiger partial charge on any atom is 0.152 e. The maximum atomic E-state index is 11.7. The van der Waals surface area contributed by atoms with Gasteiger partial charge in [-0.15, -0.1) is 0 Å². The normalized spacial score (nSPS) is 21.8. The van der Waals surface area contributed by atoms with Gasteiger partial charge >= 0.3 is 0 Å². The monoisotopic (exact) mass is 307 g/mol. The average Bonchev–Trinajstić information content (AvgIpc) is 2.80. The van der Waals surface area contributed by atoms with E-state index in [0.29, 0.717) is 11.8 Å². The van der Waals surface area contributed by atoms with Gasteiger partial charge in [0.1, 0.15) is 0 Å². The van der Waals surface area contributed by atoms with Gasteiger partial charge in [-0.25, -0.2) is 8.42 Å². The highest BCUT2D eigenvalue weighted by molar-refractivity contribution is 7.91. The molecule has 114 valence electrons. The molecule has 21 heavy (non-hydrogen) atoms. The molecule has 0 aliphatic carbocycles. The lowest BCUT2D eigenvalue weighted by atomic mass is 10.1. The molecule has 0 bridgehead atoms. The summed E-state index contributed by atoms with van der Waals surface area (Å²) in [4.78, 5) is 0. The third-order valence-electron chi connectivity index (χ3n) is 3.92. The molecule has 1 aliphatic heterocycles. The number of hydrogen-bond donors (Lipinski definition) is 1. The highest BCUT2D eigenvalue weighted by atomic mass is 32.2. The number of benzene rings is 1. The van der Waals surface area contributed by atoms with Crippen molar-refractivity contribution in [2.24, 2.45) is 0 Å². The Morgan fingerprint density at radius 3 is 2.90 bits per heavy atom. The lowest BCUT2D eigenvalue weighted by Gasteiger charge is -2.24. The molecule has 1 saturated heterocycles. The molecule has 2 heterocycles. The zero-order valence-electron chi connectivity index (χ0n) is 12.4. The second-order valence-electron chi connectivity index (χ2n) is 6.05. The summed E-state index contributed by atoms with van der Waals surface area (Å²) in [5, 5.41) is 8.87. The van der Waals surface area contributed by atoms with Gasteiger partial charge < -0.3 is 5.32 Å². The van der Waals surface area contributed by atoms with Gasteiger partial charge in [0.05, 0.1) is 23.2 Å². The SMILES string of the molecule is CC(C)n1ncc2ccc(NC3CCCS(=O)(=O)C3)cc21. The summed E-state index contributed by atoms with van der Waals surface area (Å²) in [5.74, 6) is 0.554. The van der Waals surface area contributed by atoms with Crippen LogP contribution in [0.15, 0.2) is 24.4 Å². The fourth-order valence-electron chi connectivity index (χ4n) is 2.91. The van der Waals surface area contributed by atoms with Crippen LogP contribution in [0.2, 0.25) is 0 Å². The van der Waals surface area contributed by atoms with Gasteiger partial charge in [0.15, 0.2) is 9.84 Å². The van der Waals surface area contributed by atoms with Crippen LogP contribution in [0.5, 0.6) is 0 Å². The second kappa shape index (κ2) is 5.33. The molecule has 1 unspecified atom stereocenters. The van der Waals surface area contributed by atoms with E-state index in [-0.39, 0.29) is 11.8 Å². The van der Waals surface area contributed by atoms with Gasteiger partial charge in [0, 0.05) is 23.2 Å². The Morgan fingerprint density at radius 2 is 2.19 bits per heavy atom. The average molecular weight is 307 g/mol. The Hall–Kier alpha value is -1.56. The van der Waals surface area contributed by atoms with Gasteiger partial charge in [0.2, 0.25) is 0 Å². The highest BCUT2D eigenvalue weighted by Gasteiger charge is 2.24. The van der Waals surface area contributed by atoms with Gasteiger partial charge in [-0.3, -0.25) is 4.68 Å². The molecule has 0 saturated carbocycles. The fraction of sp³-hybridized carbons (Fsp3) is 0.533. The number of rotatable bonds is 3. The van der Waals surface area contributed by atoms with Crippen molar-refractivity contribution >= 4 is 26.4 Å². The molecular formula is C15H21N3O2S. The Morgan fingerprint density at radius 1 is 1.38 bits per heavy atom. The van der Waals surface area contributed by atoms with Crippen LogP contribution in [0.3, 0.4) is 0 Å². The largest absolute Gasteiger partial charge is 0.381 e. The molecule has 2 aromatic rings. The number of nitrogens with one attached hydrogen (secondary N) is 1. The minimum atomic E-state index is -2.89. The van der Waals surface area contributed by atoms with Crippen molar-refractivity contribution in [1.82, 2.24) is 9.78 Å². The fourth-order valence-corrected chi connectivity index (χ4v) is 4.55. The Labute approximate surface area is 125 Å². The molecule has 1 aromatic heterocycles. The minimum Gasteiger partial charge on any atom is -0.381 e. The van der Waals surface area contributed by atoms with Crippen LogP contribution in [0.25, 0.3) is 10.9 Å². The Bertz CT molecular complexity index is 749. The van der Waals surface area contributed by atoms with E-state index < -0.39 is 9.84 Å². The number of sulfone groups is 1. The first-order valence-electron chi connectivity index (χ1n) is 7.39. The predicted octanol–water partition coefficient (Wildman–Crippen LogP) is 2.61. The lowest BCUT2D eigenvalue weighted by Crippen LogP contribution is -2.34. The summed E-state index contributed by atoms with van der Waals surface area (Å²) in [6, 6.07) is 6.39. The van der Waals surface area contributed by atoms with Crippen LogP contribution >= 0.6 is 0 Å². The van der Waals surface area contributed by atoms with E-state index in [1.807, 2.05) is 23.0 Å². The van der Waals surface area contributed by atoms with Crippen molar-refractivity contribution in [1.29, 1.82) is 0 Å². The van der Waals surface area contributed by atoms with E-state index in [1.54, 1.807) is 0 Å². The molecule has 6 heteroatoms. The topological polar surface area (TPSA) is 64.0 Å². The number of anilines is 1. The van der Waals surface area contributed by atoms with Crippen molar-refractivity contribution in [3.8, 4) is 0 Å². The van der Waals surface area contributed by atoms with Crippen LogP contribution in [-0.4, -0.2) is 35.7 Å². The highest BCUT2D eigenvalue weighted by Crippen LogP contribution is 2.24. The van der Waals surface area contributed by atoms with E-state index in [0.717, 1.165) is 29.4 Å². The van der Waals surface area contributed by atoms with Crippen molar-refractivity contribution < 1.29 is 8.42 Å². The van der Waals surface area contributed by atoms with E-state index >= 15 is 0 Å². The quantitative estimate of drug-likeness (QED) is 0.946. The van der Waals surface area contributed by atoms with E-state index in [4.69, 9.17) is 0 Å². The molecule has 1 atom stereocenters. The molecule has 1 N–H and O–H groups in total. The molecular weight excluding hydrogens is 286 g/mol. The van der Waals surface area contributed by atoms with Gasteiger partial charge in [-0.05, 0) is 44.9 Å². The Kier molecular flexibility index (Phi) is 3.65. The molecule has 1 aromatic carbocycles. The lowest BCUT2D eigenvalue weighted by molar-refractivity contribution is 0.551. The van der Waals surface area contributed by atoms with Gasteiger partial charge in [-0.1, -0.05) is 0 Å². The third kappa shape index (κ3) is 3.05. The smallest absolute Gasteiger partial charge is 0.152 e. The summed E-state index contributed by atoms with van der Waals surface area (Å²) in [6.07, 6.45) is 3.51. The van der Waals surface area contributed by atoms with E-state index in [9.17, 15) is 8.42 Å². The summed E-state index contributed by atoms with van der Waals surface area (Å²) in [7, 11) is -2.89. The van der Waals surface area contributed by atoms with Crippen LogP contribution < -0.4 is 5.32 Å². The molecule has 0 spiro atoms. The third-order valence-corrected chi connectivity index (χ3v) is 5.74. The van der Waals surface area contributed by atoms with Gasteiger partial charge in [0.25, 0.3) is 0 Å². The van der Waals surface area contributed by atoms with Crippen molar-refractivity contribution in [2.75, 3.05) is 16.8 Å². The zero-order chi connectivity index (χ0) is 15.0. The number of hydrogen-bond acceptors (Lipinski definition) is 4. The molecule has 0 amide bonds. The first-order valence-corrected chi connectivity index (χ1v) is 9.21. The van der Waals surface area contributed by atoms with Crippen molar-refractivity contribution in [2.45, 2.75) is 38.8 Å². The van der Waals surface area contributed by atoms with Crippen molar-refractivity contribution in [3.05, 3.63) is 24.4 Å². The molecule has 3 rings (SSSR count). The summed E-state index contributed by atoms with van der Waals surface area (Å²) < 4.78 is 25.4. The van der Waals surface area contributed by atoms with Gasteiger partial charge in [-0.2, -0.15) is 5.10 Å². The molecule has 5 nitrogen and oxygen atoms in total. The number of aromatic nitrogens is 2. The molecule has 1 fully saturated rings. The summed E-state index contributed by atoms with van der Waals surface area (Å²) >= 11 is 0.